The highest BCUT2D eigenvalue weighted by Gasteiger charge is 2.18. The molecule has 4 nitrogen and oxygen atoms in total. The van der Waals surface area contributed by atoms with E-state index in [1.54, 1.807) is 13.0 Å². The molecule has 1 aromatic rings. The predicted molar refractivity (Wildman–Crippen MR) is 61.6 cm³/mol. The minimum absolute atomic E-state index is 0.0195. The molecular weight excluding hydrogens is 204 g/mol. The summed E-state index contributed by atoms with van der Waals surface area (Å²) in [5, 5.41) is 0. The Morgan fingerprint density at radius 1 is 1.25 bits per heavy atom. The zero-order chi connectivity index (χ0) is 11.5. The van der Waals surface area contributed by atoms with Gasteiger partial charge in [-0.2, -0.15) is 0 Å². The lowest BCUT2D eigenvalue weighted by atomic mass is 10.1. The van der Waals surface area contributed by atoms with Crippen molar-refractivity contribution in [2.75, 3.05) is 13.1 Å². The fourth-order valence-electron chi connectivity index (χ4n) is 2.09. The van der Waals surface area contributed by atoms with E-state index >= 15 is 0 Å². The van der Waals surface area contributed by atoms with Crippen LogP contribution < -0.4 is 5.56 Å². The summed E-state index contributed by atoms with van der Waals surface area (Å²) in [4.78, 5) is 27.8. The minimum Gasteiger partial charge on any atom is -0.339 e. The molecule has 2 rings (SSSR count). The molecule has 0 bridgehead atoms. The number of rotatable bonds is 1. The third-order valence-electron chi connectivity index (χ3n) is 2.87. The number of amides is 1. The van der Waals surface area contributed by atoms with Gasteiger partial charge >= 0.3 is 0 Å². The van der Waals surface area contributed by atoms with E-state index in [2.05, 4.69) is 4.98 Å². The molecule has 1 saturated heterocycles. The van der Waals surface area contributed by atoms with Crippen LogP contribution in [0.5, 0.6) is 0 Å². The van der Waals surface area contributed by atoms with E-state index < -0.39 is 0 Å². The molecule has 1 aliphatic heterocycles. The Hall–Kier alpha value is -1.58. The number of likely N-dealkylation sites (tertiary alicyclic amines) is 1. The van der Waals surface area contributed by atoms with Crippen LogP contribution in [0.15, 0.2) is 16.9 Å². The maximum Gasteiger partial charge on any atom is 0.254 e. The second-order valence-electron chi connectivity index (χ2n) is 4.27. The summed E-state index contributed by atoms with van der Waals surface area (Å²) in [6.07, 6.45) is 3.32. The quantitative estimate of drug-likeness (QED) is 0.775. The molecule has 1 aromatic heterocycles. The number of hydrogen-bond donors (Lipinski definition) is 1. The summed E-state index contributed by atoms with van der Waals surface area (Å²) in [7, 11) is 0. The van der Waals surface area contributed by atoms with Crippen LogP contribution in [0, 0.1) is 6.92 Å². The third-order valence-corrected chi connectivity index (χ3v) is 2.87. The summed E-state index contributed by atoms with van der Waals surface area (Å²) < 4.78 is 0. The predicted octanol–water partition coefficient (Wildman–Crippen LogP) is 1.31. The molecule has 0 atom stereocenters. The van der Waals surface area contributed by atoms with Gasteiger partial charge in [-0.3, -0.25) is 9.59 Å². The van der Waals surface area contributed by atoms with E-state index in [4.69, 9.17) is 0 Å². The zero-order valence-electron chi connectivity index (χ0n) is 9.45. The number of carbonyl (C=O) groups excluding carboxylic acids is 1. The van der Waals surface area contributed by atoms with Gasteiger partial charge in [-0.25, -0.2) is 0 Å². The molecule has 1 amide bonds. The molecule has 0 aromatic carbocycles. The first kappa shape index (κ1) is 10.9. The van der Waals surface area contributed by atoms with Crippen molar-refractivity contribution < 1.29 is 4.79 Å². The van der Waals surface area contributed by atoms with Crippen LogP contribution in [-0.2, 0) is 0 Å². The van der Waals surface area contributed by atoms with Gasteiger partial charge < -0.3 is 9.88 Å². The number of nitrogens with zero attached hydrogens (tertiary/aromatic N) is 1. The van der Waals surface area contributed by atoms with Gasteiger partial charge in [0.25, 0.3) is 5.91 Å². The Balaban J connectivity index is 2.22. The van der Waals surface area contributed by atoms with Crippen molar-refractivity contribution in [1.82, 2.24) is 9.88 Å². The molecule has 0 aliphatic carbocycles. The van der Waals surface area contributed by atoms with Gasteiger partial charge in [0.15, 0.2) is 0 Å². The number of hydrogen-bond acceptors (Lipinski definition) is 2. The van der Waals surface area contributed by atoms with E-state index in [9.17, 15) is 9.59 Å². The first-order valence-corrected chi connectivity index (χ1v) is 5.67. The van der Waals surface area contributed by atoms with Crippen LogP contribution in [-0.4, -0.2) is 28.9 Å². The van der Waals surface area contributed by atoms with Gasteiger partial charge in [-0.1, -0.05) is 0 Å². The maximum absolute atomic E-state index is 12.1. The lowest BCUT2D eigenvalue weighted by Crippen LogP contribution is -2.36. The lowest BCUT2D eigenvalue weighted by molar-refractivity contribution is 0.0724. The van der Waals surface area contributed by atoms with Crippen LogP contribution in [0.25, 0.3) is 0 Å². The largest absolute Gasteiger partial charge is 0.339 e. The number of aromatic nitrogens is 1. The zero-order valence-corrected chi connectivity index (χ0v) is 9.45. The monoisotopic (exact) mass is 220 g/mol. The highest BCUT2D eigenvalue weighted by Crippen LogP contribution is 2.12. The number of H-pyrrole nitrogens is 1. The summed E-state index contributed by atoms with van der Waals surface area (Å²) in [5.74, 6) is -0.0195. The standard InChI is InChI=1S/C12H16N2O2/c1-9-7-10(8-11(15)13-9)12(16)14-5-3-2-4-6-14/h7-8H,2-6H2,1H3,(H,13,15). The fourth-order valence-corrected chi connectivity index (χ4v) is 2.09. The topological polar surface area (TPSA) is 53.2 Å². The molecule has 2 heterocycles. The SMILES string of the molecule is Cc1cc(C(=O)N2CCCCC2)cc(=O)[nH]1. The molecule has 1 aliphatic rings. The molecule has 0 radical (unpaired) electrons. The molecule has 1 fully saturated rings. The molecule has 0 saturated carbocycles. The summed E-state index contributed by atoms with van der Waals surface area (Å²) >= 11 is 0. The Bertz CT molecular complexity index is 445. The van der Waals surface area contributed by atoms with Gasteiger partial charge in [0.05, 0.1) is 0 Å². The molecule has 16 heavy (non-hydrogen) atoms. The summed E-state index contributed by atoms with van der Waals surface area (Å²) in [6, 6.07) is 3.11. The van der Waals surface area contributed by atoms with E-state index in [0.717, 1.165) is 31.6 Å². The third kappa shape index (κ3) is 2.32. The van der Waals surface area contributed by atoms with Crippen LogP contribution in [0.1, 0.15) is 35.3 Å². The van der Waals surface area contributed by atoms with E-state index in [-0.39, 0.29) is 11.5 Å². The van der Waals surface area contributed by atoms with Crippen molar-refractivity contribution in [3.63, 3.8) is 0 Å². The Morgan fingerprint density at radius 3 is 2.56 bits per heavy atom. The number of carbonyl (C=O) groups is 1. The van der Waals surface area contributed by atoms with Gasteiger partial charge in [0.2, 0.25) is 5.56 Å². The first-order chi connectivity index (χ1) is 7.66. The molecule has 86 valence electrons. The highest BCUT2D eigenvalue weighted by molar-refractivity contribution is 5.94. The number of pyridine rings is 1. The van der Waals surface area contributed by atoms with Crippen molar-refractivity contribution in [2.45, 2.75) is 26.2 Å². The van der Waals surface area contributed by atoms with Crippen LogP contribution in [0.2, 0.25) is 0 Å². The first-order valence-electron chi connectivity index (χ1n) is 5.67. The number of piperidine rings is 1. The fraction of sp³-hybridized carbons (Fsp3) is 0.500. The van der Waals surface area contributed by atoms with E-state index in [1.165, 1.54) is 12.5 Å². The second kappa shape index (κ2) is 4.51. The van der Waals surface area contributed by atoms with Crippen LogP contribution in [0.4, 0.5) is 0 Å². The van der Waals surface area contributed by atoms with Crippen LogP contribution >= 0.6 is 0 Å². The second-order valence-corrected chi connectivity index (χ2v) is 4.27. The normalized spacial score (nSPS) is 16.2. The van der Waals surface area contributed by atoms with Crippen molar-refractivity contribution in [2.24, 2.45) is 0 Å². The van der Waals surface area contributed by atoms with Crippen molar-refractivity contribution in [3.8, 4) is 0 Å². The summed E-state index contributed by atoms with van der Waals surface area (Å²) in [6.45, 7) is 3.41. The highest BCUT2D eigenvalue weighted by atomic mass is 16.2. The van der Waals surface area contributed by atoms with Crippen LogP contribution in [0.3, 0.4) is 0 Å². The van der Waals surface area contributed by atoms with Crippen molar-refractivity contribution in [3.05, 3.63) is 33.7 Å². The Labute approximate surface area is 94.3 Å². The average molecular weight is 220 g/mol. The average Bonchev–Trinajstić information content (AvgIpc) is 2.28. The molecule has 1 N–H and O–H groups in total. The summed E-state index contributed by atoms with van der Waals surface area (Å²) in [5.41, 5.74) is 1.02. The van der Waals surface area contributed by atoms with E-state index in [0.29, 0.717) is 5.56 Å². The van der Waals surface area contributed by atoms with Gasteiger partial charge in [0.1, 0.15) is 0 Å². The Kier molecular flexibility index (Phi) is 3.08. The molecule has 4 heteroatoms. The molecule has 0 spiro atoms. The maximum atomic E-state index is 12.1. The van der Waals surface area contributed by atoms with Gasteiger partial charge in [-0.05, 0) is 32.3 Å². The minimum atomic E-state index is -0.208. The van der Waals surface area contributed by atoms with Gasteiger partial charge in [-0.15, -0.1) is 0 Å². The Morgan fingerprint density at radius 2 is 1.94 bits per heavy atom. The van der Waals surface area contributed by atoms with Gasteiger partial charge in [0, 0.05) is 30.4 Å². The smallest absolute Gasteiger partial charge is 0.254 e. The van der Waals surface area contributed by atoms with E-state index in [1.807, 2.05) is 4.90 Å². The lowest BCUT2D eigenvalue weighted by Gasteiger charge is -2.26. The van der Waals surface area contributed by atoms with Crippen molar-refractivity contribution in [1.29, 1.82) is 0 Å². The van der Waals surface area contributed by atoms with Crippen molar-refractivity contribution >= 4 is 5.91 Å². The molecule has 0 unspecified atom stereocenters. The number of nitrogens with one attached hydrogen (secondary N) is 1. The molecular formula is C12H16N2O2. The number of aryl methyl sites for hydroxylation is 1. The number of aromatic amines is 1.